The second-order valence-electron chi connectivity index (χ2n) is 9.41. The van der Waals surface area contributed by atoms with Crippen molar-refractivity contribution >= 4 is 33.3 Å². The Morgan fingerprint density at radius 2 is 1.72 bits per heavy atom. The first-order valence-electron chi connectivity index (χ1n) is 12.6. The maximum Gasteiger partial charge on any atom is 0.176 e. The zero-order valence-corrected chi connectivity index (χ0v) is 21.6. The van der Waals surface area contributed by atoms with Gasteiger partial charge in [-0.15, -0.1) is 11.3 Å². The minimum absolute atomic E-state index is 0.206. The molecule has 0 bridgehead atoms. The number of thiophene rings is 1. The van der Waals surface area contributed by atoms with E-state index in [1.165, 1.54) is 11.6 Å². The Kier molecular flexibility index (Phi) is 5.96. The van der Waals surface area contributed by atoms with Gasteiger partial charge in [0.25, 0.3) is 0 Å². The Morgan fingerprint density at radius 3 is 2.59 bits per heavy atom. The molecule has 0 spiro atoms. The highest BCUT2D eigenvalue weighted by molar-refractivity contribution is 7.14. The molecule has 39 heavy (non-hydrogen) atoms. The van der Waals surface area contributed by atoms with E-state index in [-0.39, 0.29) is 5.13 Å². The number of rotatable bonds is 7. The number of hydrogen-bond donors (Lipinski definition) is 3. The Morgan fingerprint density at radius 1 is 0.821 bits per heavy atom. The van der Waals surface area contributed by atoms with Crippen LogP contribution < -0.4 is 5.32 Å². The van der Waals surface area contributed by atoms with Gasteiger partial charge in [-0.2, -0.15) is 9.49 Å². The predicted octanol–water partition coefficient (Wildman–Crippen LogP) is 7.33. The highest BCUT2D eigenvalue weighted by Crippen LogP contribution is 2.36. The maximum absolute atomic E-state index is 13.7. The molecule has 0 aliphatic rings. The van der Waals surface area contributed by atoms with Crippen LogP contribution in [0.5, 0.6) is 0 Å². The summed E-state index contributed by atoms with van der Waals surface area (Å²) >= 11 is 1.13. The highest BCUT2D eigenvalue weighted by Gasteiger charge is 2.16. The van der Waals surface area contributed by atoms with Gasteiger partial charge in [-0.1, -0.05) is 36.4 Å². The van der Waals surface area contributed by atoms with E-state index in [9.17, 15) is 4.39 Å². The number of halogens is 1. The summed E-state index contributed by atoms with van der Waals surface area (Å²) in [6.07, 6.45) is 5.53. The van der Waals surface area contributed by atoms with Gasteiger partial charge in [0.05, 0.1) is 11.2 Å². The summed E-state index contributed by atoms with van der Waals surface area (Å²) in [5.74, 6) is 0. The van der Waals surface area contributed by atoms with E-state index in [2.05, 4.69) is 72.9 Å². The molecule has 0 radical (unpaired) electrons. The fourth-order valence-corrected chi connectivity index (χ4v) is 5.69. The molecule has 0 fully saturated rings. The van der Waals surface area contributed by atoms with Crippen LogP contribution in [0.25, 0.3) is 54.9 Å². The molecule has 8 heteroatoms. The van der Waals surface area contributed by atoms with Gasteiger partial charge in [0, 0.05) is 58.5 Å². The predicted molar refractivity (Wildman–Crippen MR) is 155 cm³/mol. The monoisotopic (exact) mass is 530 g/mol. The lowest BCUT2D eigenvalue weighted by Gasteiger charge is -2.08. The lowest BCUT2D eigenvalue weighted by molar-refractivity contribution is 0.657. The van der Waals surface area contributed by atoms with E-state index in [1.54, 1.807) is 12.3 Å². The van der Waals surface area contributed by atoms with Crippen molar-refractivity contribution in [3.05, 3.63) is 114 Å². The normalized spacial score (nSPS) is 11.5. The second-order valence-corrected chi connectivity index (χ2v) is 10.4. The minimum Gasteiger partial charge on any atom is -0.338 e. The van der Waals surface area contributed by atoms with Crippen molar-refractivity contribution in [1.82, 2.24) is 30.5 Å². The number of aromatic nitrogens is 5. The van der Waals surface area contributed by atoms with Crippen LogP contribution in [0.1, 0.15) is 11.1 Å². The number of nitrogens with zero attached hydrogens (tertiary/aromatic N) is 3. The van der Waals surface area contributed by atoms with Crippen molar-refractivity contribution < 1.29 is 4.39 Å². The number of nitrogens with one attached hydrogen (secondary N) is 3. The summed E-state index contributed by atoms with van der Waals surface area (Å²) in [4.78, 5) is 13.3. The van der Waals surface area contributed by atoms with E-state index < -0.39 is 0 Å². The Hall–Kier alpha value is -4.66. The van der Waals surface area contributed by atoms with Crippen LogP contribution in [0.2, 0.25) is 0 Å². The molecule has 190 valence electrons. The first-order valence-corrected chi connectivity index (χ1v) is 13.4. The standard InChI is InChI=1S/C31H23FN6S/c32-29-9-8-28(39-29)23-10-11-35-31-24(23)14-27(36-31)30-25-13-21(6-7-26(25)37-38-30)22-12-20(17-34-18-22)16-33-15-19-4-2-1-3-5-19/h1-14,17-18,33H,15-16H2,(H,35,36)(H,37,38). The molecule has 3 N–H and O–H groups in total. The molecule has 0 atom stereocenters. The molecule has 0 aliphatic heterocycles. The molecule has 0 amide bonds. The molecular weight excluding hydrogens is 507 g/mol. The van der Waals surface area contributed by atoms with Crippen LogP contribution in [0.3, 0.4) is 0 Å². The molecule has 5 aromatic heterocycles. The van der Waals surface area contributed by atoms with Crippen molar-refractivity contribution in [2.24, 2.45) is 0 Å². The SMILES string of the molecule is Fc1ccc(-c2ccnc3[nH]c(-c4n[nH]c5ccc(-c6cncc(CNCc7ccccc7)c6)cc45)cc23)s1. The van der Waals surface area contributed by atoms with E-state index in [0.29, 0.717) is 0 Å². The first kappa shape index (κ1) is 23.5. The smallest absolute Gasteiger partial charge is 0.176 e. The Bertz CT molecular complexity index is 1920. The summed E-state index contributed by atoms with van der Waals surface area (Å²) < 4.78 is 13.7. The molecule has 0 saturated carbocycles. The van der Waals surface area contributed by atoms with Crippen LogP contribution in [0, 0.1) is 5.13 Å². The fourth-order valence-electron chi connectivity index (χ4n) is 4.92. The average Bonchev–Trinajstić information content (AvgIpc) is 3.71. The first-order chi connectivity index (χ1) is 19.2. The maximum atomic E-state index is 13.7. The summed E-state index contributed by atoms with van der Waals surface area (Å²) in [6.45, 7) is 1.53. The van der Waals surface area contributed by atoms with E-state index in [0.717, 1.165) is 84.9 Å². The summed E-state index contributed by atoms with van der Waals surface area (Å²) in [6, 6.07) is 26.1. The molecule has 5 heterocycles. The quantitative estimate of drug-likeness (QED) is 0.202. The van der Waals surface area contributed by atoms with Crippen LogP contribution in [0.4, 0.5) is 4.39 Å². The lowest BCUT2D eigenvalue weighted by Crippen LogP contribution is -2.12. The van der Waals surface area contributed by atoms with E-state index in [4.69, 9.17) is 0 Å². The van der Waals surface area contributed by atoms with Gasteiger partial charge in [-0.3, -0.25) is 10.1 Å². The number of fused-ring (bicyclic) bond motifs is 2. The molecule has 7 aromatic rings. The van der Waals surface area contributed by atoms with Crippen molar-refractivity contribution in [3.63, 3.8) is 0 Å². The van der Waals surface area contributed by atoms with Crippen LogP contribution >= 0.6 is 11.3 Å². The van der Waals surface area contributed by atoms with Gasteiger partial charge < -0.3 is 10.3 Å². The molecular formula is C31H23FN6S. The Balaban J connectivity index is 1.20. The summed E-state index contributed by atoms with van der Waals surface area (Å²) in [5, 5.41) is 13.0. The fraction of sp³-hybridized carbons (Fsp3) is 0.0645. The number of hydrogen-bond acceptors (Lipinski definition) is 5. The lowest BCUT2D eigenvalue weighted by atomic mass is 10.0. The van der Waals surface area contributed by atoms with Crippen LogP contribution in [-0.2, 0) is 13.1 Å². The third kappa shape index (κ3) is 4.60. The molecule has 7 rings (SSSR count). The van der Waals surface area contributed by atoms with Gasteiger partial charge in [0.1, 0.15) is 11.3 Å². The highest BCUT2D eigenvalue weighted by atomic mass is 32.1. The zero-order chi connectivity index (χ0) is 26.2. The average molecular weight is 531 g/mol. The number of aromatic amines is 2. The molecule has 0 unspecified atom stereocenters. The number of pyridine rings is 2. The topological polar surface area (TPSA) is 82.3 Å². The van der Waals surface area contributed by atoms with Crippen molar-refractivity contribution in [2.75, 3.05) is 0 Å². The van der Waals surface area contributed by atoms with E-state index >= 15 is 0 Å². The minimum atomic E-state index is -0.206. The Labute approximate surface area is 227 Å². The van der Waals surface area contributed by atoms with Crippen molar-refractivity contribution in [1.29, 1.82) is 0 Å². The third-order valence-electron chi connectivity index (χ3n) is 6.82. The van der Waals surface area contributed by atoms with Gasteiger partial charge in [-0.25, -0.2) is 4.98 Å². The van der Waals surface area contributed by atoms with Crippen LogP contribution in [0.15, 0.2) is 97.5 Å². The largest absolute Gasteiger partial charge is 0.338 e. The second kappa shape index (κ2) is 9.90. The number of H-pyrrole nitrogens is 2. The van der Waals surface area contributed by atoms with Gasteiger partial charge in [0.2, 0.25) is 0 Å². The van der Waals surface area contributed by atoms with Gasteiger partial charge >= 0.3 is 0 Å². The van der Waals surface area contributed by atoms with Crippen molar-refractivity contribution in [2.45, 2.75) is 13.1 Å². The summed E-state index contributed by atoms with van der Waals surface area (Å²) in [7, 11) is 0. The summed E-state index contributed by atoms with van der Waals surface area (Å²) in [5.41, 5.74) is 8.76. The van der Waals surface area contributed by atoms with Crippen LogP contribution in [-0.4, -0.2) is 25.1 Å². The zero-order valence-electron chi connectivity index (χ0n) is 20.8. The molecule has 2 aromatic carbocycles. The number of benzene rings is 2. The van der Waals surface area contributed by atoms with Crippen molar-refractivity contribution in [3.8, 4) is 33.0 Å². The van der Waals surface area contributed by atoms with Gasteiger partial charge in [-0.05, 0) is 59.2 Å². The molecule has 0 aliphatic carbocycles. The third-order valence-corrected chi connectivity index (χ3v) is 7.72. The molecule has 6 nitrogen and oxygen atoms in total. The van der Waals surface area contributed by atoms with E-state index in [1.807, 2.05) is 36.7 Å². The molecule has 0 saturated heterocycles. The van der Waals surface area contributed by atoms with Gasteiger partial charge in [0.15, 0.2) is 5.13 Å².